The monoisotopic (exact) mass is 257 g/mol. The molecule has 1 aromatic heterocycles. The lowest BCUT2D eigenvalue weighted by Gasteiger charge is -2.11. The standard InChI is InChI=1S/C14H19N5/c1-3-11-12(10-16)14(19-18-13(11)4-2)17-9-7-5-6-8-15/h3-7,9H2,1-2H3,(H,17,19). The zero-order valence-electron chi connectivity index (χ0n) is 11.5. The Hall–Kier alpha value is -2.14. The van der Waals surface area contributed by atoms with Crippen LogP contribution in [0.15, 0.2) is 0 Å². The number of nitriles is 2. The second kappa shape index (κ2) is 8.05. The minimum absolute atomic E-state index is 0.563. The first-order valence-electron chi connectivity index (χ1n) is 6.67. The van der Waals surface area contributed by atoms with E-state index in [0.29, 0.717) is 24.3 Å². The van der Waals surface area contributed by atoms with Gasteiger partial charge in [-0.3, -0.25) is 0 Å². The van der Waals surface area contributed by atoms with Gasteiger partial charge in [0, 0.05) is 13.0 Å². The Morgan fingerprint density at radius 3 is 2.47 bits per heavy atom. The van der Waals surface area contributed by atoms with E-state index in [1.807, 2.05) is 13.8 Å². The SMILES string of the molecule is CCc1nnc(NCCCCC#N)c(C#N)c1CC. The van der Waals surface area contributed by atoms with Gasteiger partial charge in [-0.2, -0.15) is 15.6 Å². The molecule has 0 unspecified atom stereocenters. The molecule has 0 atom stereocenters. The molecule has 0 aliphatic rings. The molecule has 0 aromatic carbocycles. The van der Waals surface area contributed by atoms with E-state index in [1.165, 1.54) is 0 Å². The van der Waals surface area contributed by atoms with Crippen LogP contribution in [0.4, 0.5) is 5.82 Å². The molecular weight excluding hydrogens is 238 g/mol. The van der Waals surface area contributed by atoms with Gasteiger partial charge in [0.1, 0.15) is 11.6 Å². The van der Waals surface area contributed by atoms with Crippen LogP contribution in [0.1, 0.15) is 49.9 Å². The smallest absolute Gasteiger partial charge is 0.166 e. The van der Waals surface area contributed by atoms with E-state index in [0.717, 1.165) is 36.9 Å². The van der Waals surface area contributed by atoms with Gasteiger partial charge < -0.3 is 5.32 Å². The van der Waals surface area contributed by atoms with Crippen LogP contribution < -0.4 is 5.32 Å². The van der Waals surface area contributed by atoms with Crippen molar-refractivity contribution in [2.45, 2.75) is 46.0 Å². The minimum atomic E-state index is 0.563. The number of aromatic nitrogens is 2. The average molecular weight is 257 g/mol. The average Bonchev–Trinajstić information content (AvgIpc) is 2.45. The first-order valence-corrected chi connectivity index (χ1v) is 6.67. The van der Waals surface area contributed by atoms with Crippen molar-refractivity contribution in [2.75, 3.05) is 11.9 Å². The number of aryl methyl sites for hydroxylation is 1. The Kier molecular flexibility index (Phi) is 6.32. The van der Waals surface area contributed by atoms with Gasteiger partial charge in [0.2, 0.25) is 0 Å². The van der Waals surface area contributed by atoms with Gasteiger partial charge in [0.15, 0.2) is 5.82 Å². The van der Waals surface area contributed by atoms with Crippen molar-refractivity contribution < 1.29 is 0 Å². The minimum Gasteiger partial charge on any atom is -0.367 e. The Bertz CT molecular complexity index is 496. The fourth-order valence-corrected chi connectivity index (χ4v) is 1.95. The van der Waals surface area contributed by atoms with Crippen molar-refractivity contribution >= 4 is 5.82 Å². The molecule has 19 heavy (non-hydrogen) atoms. The van der Waals surface area contributed by atoms with Crippen LogP contribution in [0.25, 0.3) is 0 Å². The van der Waals surface area contributed by atoms with Crippen LogP contribution in [0.2, 0.25) is 0 Å². The Morgan fingerprint density at radius 1 is 1.11 bits per heavy atom. The van der Waals surface area contributed by atoms with E-state index in [9.17, 15) is 5.26 Å². The van der Waals surface area contributed by atoms with Crippen LogP contribution in [-0.2, 0) is 12.8 Å². The maximum atomic E-state index is 9.29. The molecule has 0 amide bonds. The third-order valence-electron chi connectivity index (χ3n) is 2.97. The lowest BCUT2D eigenvalue weighted by atomic mass is 10.0. The normalized spacial score (nSPS) is 9.68. The molecule has 1 heterocycles. The summed E-state index contributed by atoms with van der Waals surface area (Å²) in [6.45, 7) is 4.74. The van der Waals surface area contributed by atoms with Gasteiger partial charge in [-0.25, -0.2) is 0 Å². The van der Waals surface area contributed by atoms with Crippen molar-refractivity contribution in [1.82, 2.24) is 10.2 Å². The van der Waals surface area contributed by atoms with Gasteiger partial charge >= 0.3 is 0 Å². The maximum absolute atomic E-state index is 9.29. The molecular formula is C14H19N5. The third kappa shape index (κ3) is 3.93. The van der Waals surface area contributed by atoms with Crippen LogP contribution in [0.3, 0.4) is 0 Å². The van der Waals surface area contributed by atoms with Crippen molar-refractivity contribution in [2.24, 2.45) is 0 Å². The Balaban J connectivity index is 2.79. The van der Waals surface area contributed by atoms with E-state index < -0.39 is 0 Å². The van der Waals surface area contributed by atoms with Gasteiger partial charge in [-0.15, -0.1) is 5.10 Å². The van der Waals surface area contributed by atoms with Crippen LogP contribution >= 0.6 is 0 Å². The lowest BCUT2D eigenvalue weighted by Crippen LogP contribution is -2.11. The summed E-state index contributed by atoms with van der Waals surface area (Å²) in [6.07, 6.45) is 3.87. The topological polar surface area (TPSA) is 85.4 Å². The van der Waals surface area contributed by atoms with Gasteiger partial charge in [-0.05, 0) is 31.2 Å². The highest BCUT2D eigenvalue weighted by molar-refractivity contribution is 5.56. The number of rotatable bonds is 7. The molecule has 0 saturated heterocycles. The molecule has 1 aromatic rings. The summed E-state index contributed by atoms with van der Waals surface area (Å²) in [4.78, 5) is 0. The van der Waals surface area contributed by atoms with Gasteiger partial charge in [0.25, 0.3) is 0 Å². The molecule has 0 radical (unpaired) electrons. The van der Waals surface area contributed by atoms with Gasteiger partial charge in [0.05, 0.1) is 11.8 Å². The zero-order valence-corrected chi connectivity index (χ0v) is 11.5. The highest BCUT2D eigenvalue weighted by atomic mass is 15.2. The molecule has 0 bridgehead atoms. The molecule has 0 saturated carbocycles. The van der Waals surface area contributed by atoms with E-state index in [1.54, 1.807) is 0 Å². The zero-order chi connectivity index (χ0) is 14.1. The van der Waals surface area contributed by atoms with Crippen LogP contribution in [0.5, 0.6) is 0 Å². The van der Waals surface area contributed by atoms with E-state index in [-0.39, 0.29) is 0 Å². The first kappa shape index (κ1) is 14.9. The second-order valence-corrected chi connectivity index (χ2v) is 4.21. The van der Waals surface area contributed by atoms with E-state index in [2.05, 4.69) is 27.7 Å². The lowest BCUT2D eigenvalue weighted by molar-refractivity contribution is 0.777. The molecule has 0 aliphatic carbocycles. The van der Waals surface area contributed by atoms with Crippen LogP contribution in [0, 0.1) is 22.7 Å². The number of nitrogens with one attached hydrogen (secondary N) is 1. The maximum Gasteiger partial charge on any atom is 0.166 e. The number of unbranched alkanes of at least 4 members (excludes halogenated alkanes) is 2. The molecule has 1 N–H and O–H groups in total. The molecule has 0 fully saturated rings. The number of hydrogen-bond acceptors (Lipinski definition) is 5. The van der Waals surface area contributed by atoms with Crippen LogP contribution in [-0.4, -0.2) is 16.7 Å². The largest absolute Gasteiger partial charge is 0.367 e. The summed E-state index contributed by atoms with van der Waals surface area (Å²) in [7, 11) is 0. The van der Waals surface area contributed by atoms with Crippen molar-refractivity contribution in [3.8, 4) is 12.1 Å². The third-order valence-corrected chi connectivity index (χ3v) is 2.97. The Morgan fingerprint density at radius 2 is 1.89 bits per heavy atom. The summed E-state index contributed by atoms with van der Waals surface area (Å²) >= 11 is 0. The van der Waals surface area contributed by atoms with Crippen molar-refractivity contribution in [3.05, 3.63) is 16.8 Å². The molecule has 5 heteroatoms. The molecule has 0 spiro atoms. The highest BCUT2D eigenvalue weighted by Crippen LogP contribution is 2.19. The number of anilines is 1. The second-order valence-electron chi connectivity index (χ2n) is 4.21. The molecule has 0 aliphatic heterocycles. The summed E-state index contributed by atoms with van der Waals surface area (Å²) < 4.78 is 0. The van der Waals surface area contributed by atoms with Gasteiger partial charge in [-0.1, -0.05) is 13.8 Å². The highest BCUT2D eigenvalue weighted by Gasteiger charge is 2.13. The summed E-state index contributed by atoms with van der Waals surface area (Å²) in [5, 5.41) is 29.2. The van der Waals surface area contributed by atoms with Crippen molar-refractivity contribution in [1.29, 1.82) is 10.5 Å². The molecule has 1 rings (SSSR count). The number of hydrogen-bond donors (Lipinski definition) is 1. The first-order chi connectivity index (χ1) is 9.28. The van der Waals surface area contributed by atoms with E-state index >= 15 is 0 Å². The summed E-state index contributed by atoms with van der Waals surface area (Å²) in [5.41, 5.74) is 2.49. The predicted molar refractivity (Wildman–Crippen MR) is 73.5 cm³/mol. The summed E-state index contributed by atoms with van der Waals surface area (Å²) in [6, 6.07) is 4.34. The van der Waals surface area contributed by atoms with E-state index in [4.69, 9.17) is 5.26 Å². The predicted octanol–water partition coefficient (Wildman–Crippen LogP) is 2.58. The quantitative estimate of drug-likeness (QED) is 0.759. The molecule has 100 valence electrons. The fourth-order valence-electron chi connectivity index (χ4n) is 1.95. The Labute approximate surface area is 114 Å². The fraction of sp³-hybridized carbons (Fsp3) is 0.571. The number of nitrogens with zero attached hydrogens (tertiary/aromatic N) is 4. The molecule has 5 nitrogen and oxygen atoms in total. The van der Waals surface area contributed by atoms with Crippen molar-refractivity contribution in [3.63, 3.8) is 0 Å². The summed E-state index contributed by atoms with van der Waals surface area (Å²) in [5.74, 6) is 0.563.